The molecule has 1 aliphatic rings. The molecule has 1 aromatic carbocycles. The molecular formula is C20H26N2O3. The number of aliphatic hydroxyl groups is 1. The maximum atomic E-state index is 12.4. The SMILES string of the molecule is O=C(CN(Cc1ccccc1)CC(O)c1ccco1)NC1CCCC1. The number of hydrogen-bond donors (Lipinski definition) is 2. The summed E-state index contributed by atoms with van der Waals surface area (Å²) in [6.45, 7) is 1.22. The first kappa shape index (κ1) is 17.7. The van der Waals surface area contributed by atoms with Crippen molar-refractivity contribution in [2.45, 2.75) is 44.4 Å². The normalized spacial score (nSPS) is 16.2. The van der Waals surface area contributed by atoms with Gasteiger partial charge in [-0.3, -0.25) is 9.69 Å². The molecule has 1 aliphatic carbocycles. The van der Waals surface area contributed by atoms with Crippen LogP contribution in [0.15, 0.2) is 53.1 Å². The van der Waals surface area contributed by atoms with E-state index < -0.39 is 6.10 Å². The summed E-state index contributed by atoms with van der Waals surface area (Å²) in [7, 11) is 0. The van der Waals surface area contributed by atoms with Gasteiger partial charge in [0.15, 0.2) is 0 Å². The van der Waals surface area contributed by atoms with Crippen molar-refractivity contribution < 1.29 is 14.3 Å². The lowest BCUT2D eigenvalue weighted by molar-refractivity contribution is -0.123. The van der Waals surface area contributed by atoms with Gasteiger partial charge in [-0.15, -0.1) is 0 Å². The molecule has 0 radical (unpaired) electrons. The van der Waals surface area contributed by atoms with Crippen LogP contribution in [-0.4, -0.2) is 35.0 Å². The highest BCUT2D eigenvalue weighted by atomic mass is 16.4. The Labute approximate surface area is 148 Å². The zero-order valence-electron chi connectivity index (χ0n) is 14.4. The number of carbonyl (C=O) groups is 1. The van der Waals surface area contributed by atoms with E-state index in [9.17, 15) is 9.90 Å². The third kappa shape index (κ3) is 5.44. The number of benzene rings is 1. The van der Waals surface area contributed by atoms with Crippen molar-refractivity contribution >= 4 is 5.91 Å². The third-order valence-electron chi connectivity index (χ3n) is 4.64. The first-order chi connectivity index (χ1) is 12.2. The van der Waals surface area contributed by atoms with E-state index in [4.69, 9.17) is 4.42 Å². The molecule has 1 unspecified atom stereocenters. The Morgan fingerprint density at radius 1 is 1.20 bits per heavy atom. The molecular weight excluding hydrogens is 316 g/mol. The molecule has 0 bridgehead atoms. The Balaban J connectivity index is 1.61. The Kier molecular flexibility index (Phi) is 6.25. The van der Waals surface area contributed by atoms with Crippen LogP contribution in [0, 0.1) is 0 Å². The van der Waals surface area contributed by atoms with Crippen LogP contribution in [0.3, 0.4) is 0 Å². The van der Waals surface area contributed by atoms with Crippen LogP contribution in [0.25, 0.3) is 0 Å². The molecule has 1 saturated carbocycles. The van der Waals surface area contributed by atoms with Crippen LogP contribution in [-0.2, 0) is 11.3 Å². The standard InChI is InChI=1S/C20H26N2O3/c23-18(19-11-6-12-25-19)14-22(13-16-7-2-1-3-8-16)15-20(24)21-17-9-4-5-10-17/h1-3,6-8,11-12,17-18,23H,4-5,9-10,13-15H2,(H,21,24). The highest BCUT2D eigenvalue weighted by Crippen LogP contribution is 2.18. The minimum Gasteiger partial charge on any atom is -0.467 e. The van der Waals surface area contributed by atoms with Gasteiger partial charge < -0.3 is 14.8 Å². The molecule has 1 heterocycles. The first-order valence-electron chi connectivity index (χ1n) is 8.98. The number of hydrogen-bond acceptors (Lipinski definition) is 4. The molecule has 1 amide bonds. The summed E-state index contributed by atoms with van der Waals surface area (Å²) in [5, 5.41) is 13.5. The average molecular weight is 342 g/mol. The van der Waals surface area contributed by atoms with E-state index in [2.05, 4.69) is 5.32 Å². The van der Waals surface area contributed by atoms with Crippen molar-refractivity contribution in [3.63, 3.8) is 0 Å². The Morgan fingerprint density at radius 2 is 1.96 bits per heavy atom. The number of aliphatic hydroxyl groups excluding tert-OH is 1. The molecule has 1 fully saturated rings. The van der Waals surface area contributed by atoms with Gasteiger partial charge in [0.1, 0.15) is 11.9 Å². The van der Waals surface area contributed by atoms with Gasteiger partial charge in [0.05, 0.1) is 12.8 Å². The summed E-state index contributed by atoms with van der Waals surface area (Å²) >= 11 is 0. The molecule has 0 spiro atoms. The van der Waals surface area contributed by atoms with Crippen molar-refractivity contribution in [3.8, 4) is 0 Å². The summed E-state index contributed by atoms with van der Waals surface area (Å²) in [5.74, 6) is 0.545. The van der Waals surface area contributed by atoms with Crippen molar-refractivity contribution in [3.05, 3.63) is 60.1 Å². The zero-order valence-corrected chi connectivity index (χ0v) is 14.4. The summed E-state index contributed by atoms with van der Waals surface area (Å²) < 4.78 is 5.28. The van der Waals surface area contributed by atoms with Crippen LogP contribution in [0.1, 0.15) is 43.1 Å². The molecule has 3 rings (SSSR count). The van der Waals surface area contributed by atoms with Crippen molar-refractivity contribution in [1.82, 2.24) is 10.2 Å². The number of furan rings is 1. The molecule has 0 saturated heterocycles. The highest BCUT2D eigenvalue weighted by molar-refractivity contribution is 5.78. The van der Waals surface area contributed by atoms with Gasteiger partial charge >= 0.3 is 0 Å². The van der Waals surface area contributed by atoms with E-state index in [0.29, 0.717) is 24.9 Å². The maximum absolute atomic E-state index is 12.4. The van der Waals surface area contributed by atoms with E-state index in [-0.39, 0.29) is 12.5 Å². The largest absolute Gasteiger partial charge is 0.467 e. The number of rotatable bonds is 8. The second-order valence-electron chi connectivity index (χ2n) is 6.74. The fourth-order valence-corrected chi connectivity index (χ4v) is 3.39. The topological polar surface area (TPSA) is 65.7 Å². The predicted molar refractivity (Wildman–Crippen MR) is 95.8 cm³/mol. The lowest BCUT2D eigenvalue weighted by Crippen LogP contribution is -2.42. The summed E-state index contributed by atoms with van der Waals surface area (Å²) in [6.07, 6.45) is 5.32. The van der Waals surface area contributed by atoms with Crippen molar-refractivity contribution in [2.75, 3.05) is 13.1 Å². The number of nitrogens with one attached hydrogen (secondary N) is 1. The molecule has 134 valence electrons. The fourth-order valence-electron chi connectivity index (χ4n) is 3.39. The van der Waals surface area contributed by atoms with E-state index in [0.717, 1.165) is 18.4 Å². The first-order valence-corrected chi connectivity index (χ1v) is 8.98. The smallest absolute Gasteiger partial charge is 0.234 e. The second-order valence-corrected chi connectivity index (χ2v) is 6.74. The van der Waals surface area contributed by atoms with Crippen LogP contribution in [0.4, 0.5) is 0 Å². The summed E-state index contributed by atoms with van der Waals surface area (Å²) in [4.78, 5) is 14.4. The van der Waals surface area contributed by atoms with E-state index >= 15 is 0 Å². The van der Waals surface area contributed by atoms with Crippen LogP contribution in [0.2, 0.25) is 0 Å². The number of amides is 1. The van der Waals surface area contributed by atoms with Crippen LogP contribution < -0.4 is 5.32 Å². The van der Waals surface area contributed by atoms with Gasteiger partial charge in [0, 0.05) is 19.1 Å². The van der Waals surface area contributed by atoms with E-state index in [1.54, 1.807) is 18.4 Å². The molecule has 5 heteroatoms. The monoisotopic (exact) mass is 342 g/mol. The van der Waals surface area contributed by atoms with E-state index in [1.165, 1.54) is 12.8 Å². The molecule has 2 N–H and O–H groups in total. The Morgan fingerprint density at radius 3 is 2.64 bits per heavy atom. The molecule has 2 aromatic rings. The predicted octanol–water partition coefficient (Wildman–Crippen LogP) is 2.87. The minimum absolute atomic E-state index is 0.0227. The number of carbonyl (C=O) groups excluding carboxylic acids is 1. The summed E-state index contributed by atoms with van der Waals surface area (Å²) in [5.41, 5.74) is 1.11. The lowest BCUT2D eigenvalue weighted by Gasteiger charge is -2.25. The zero-order chi connectivity index (χ0) is 17.5. The lowest BCUT2D eigenvalue weighted by atomic mass is 10.2. The maximum Gasteiger partial charge on any atom is 0.234 e. The molecule has 5 nitrogen and oxygen atoms in total. The third-order valence-corrected chi connectivity index (χ3v) is 4.64. The second kappa shape index (κ2) is 8.83. The minimum atomic E-state index is -0.752. The molecule has 25 heavy (non-hydrogen) atoms. The van der Waals surface area contributed by atoms with Crippen molar-refractivity contribution in [2.24, 2.45) is 0 Å². The van der Waals surface area contributed by atoms with Crippen LogP contribution >= 0.6 is 0 Å². The van der Waals surface area contributed by atoms with Crippen molar-refractivity contribution in [1.29, 1.82) is 0 Å². The van der Waals surface area contributed by atoms with Gasteiger partial charge in [0.25, 0.3) is 0 Å². The highest BCUT2D eigenvalue weighted by Gasteiger charge is 2.21. The molecule has 0 aliphatic heterocycles. The fraction of sp³-hybridized carbons (Fsp3) is 0.450. The van der Waals surface area contributed by atoms with Gasteiger partial charge in [-0.25, -0.2) is 0 Å². The molecule has 1 aromatic heterocycles. The van der Waals surface area contributed by atoms with Gasteiger partial charge in [0.2, 0.25) is 5.91 Å². The van der Waals surface area contributed by atoms with Gasteiger partial charge in [-0.05, 0) is 30.5 Å². The van der Waals surface area contributed by atoms with Gasteiger partial charge in [-0.2, -0.15) is 0 Å². The Bertz CT molecular complexity index is 636. The quantitative estimate of drug-likeness (QED) is 0.774. The summed E-state index contributed by atoms with van der Waals surface area (Å²) in [6, 6.07) is 13.8. The average Bonchev–Trinajstić information content (AvgIpc) is 3.29. The Hall–Kier alpha value is -2.11. The van der Waals surface area contributed by atoms with Crippen LogP contribution in [0.5, 0.6) is 0 Å². The number of nitrogens with zero attached hydrogens (tertiary/aromatic N) is 1. The molecule has 1 atom stereocenters. The van der Waals surface area contributed by atoms with Gasteiger partial charge in [-0.1, -0.05) is 43.2 Å². The van der Waals surface area contributed by atoms with E-state index in [1.807, 2.05) is 35.2 Å².